The molecule has 16 heavy (non-hydrogen) atoms. The van der Waals surface area contributed by atoms with Crippen molar-refractivity contribution in [2.24, 2.45) is 0 Å². The van der Waals surface area contributed by atoms with Gasteiger partial charge in [-0.05, 0) is 12.1 Å². The van der Waals surface area contributed by atoms with Crippen LogP contribution in [0, 0.1) is 5.82 Å². The molecule has 6 heteroatoms. The molecular weight excluding hydrogens is 269 g/mol. The second-order valence-corrected chi connectivity index (χ2v) is 5.12. The monoisotopic (exact) mass is 273 g/mol. The Morgan fingerprint density at radius 2 is 2.25 bits per heavy atom. The predicted molar refractivity (Wildman–Crippen MR) is 67.7 cm³/mol. The molecule has 1 aromatic rings. The zero-order valence-electron chi connectivity index (χ0n) is 7.79. The van der Waals surface area contributed by atoms with Crippen LogP contribution in [0.2, 0.25) is 5.02 Å². The minimum absolute atomic E-state index is 0.0281. The van der Waals surface area contributed by atoms with Crippen molar-refractivity contribution in [1.29, 1.82) is 0 Å². The minimum Gasteiger partial charge on any atom is -0.307 e. The molecule has 1 saturated heterocycles. The van der Waals surface area contributed by atoms with Crippen LogP contribution >= 0.6 is 35.6 Å². The first-order valence-corrected chi connectivity index (χ1v) is 5.87. The first kappa shape index (κ1) is 11.6. The van der Waals surface area contributed by atoms with Gasteiger partial charge in [-0.2, -0.15) is 0 Å². The van der Waals surface area contributed by atoms with E-state index >= 15 is 0 Å². The molecule has 1 aromatic carbocycles. The van der Waals surface area contributed by atoms with Gasteiger partial charge < -0.3 is 5.32 Å². The first-order valence-electron chi connectivity index (χ1n) is 4.27. The van der Waals surface area contributed by atoms with Crippen molar-refractivity contribution in [3.05, 3.63) is 39.5 Å². The lowest BCUT2D eigenvalue weighted by Crippen LogP contribution is -2.17. The van der Waals surface area contributed by atoms with Gasteiger partial charge in [0.1, 0.15) is 10.1 Å². The number of hydrogen-bond acceptors (Lipinski definition) is 3. The van der Waals surface area contributed by atoms with E-state index in [1.807, 2.05) is 0 Å². The molecule has 2 rings (SSSR count). The molecule has 0 unspecified atom stereocenters. The van der Waals surface area contributed by atoms with E-state index in [4.69, 9.17) is 23.8 Å². The summed E-state index contributed by atoms with van der Waals surface area (Å²) in [6, 6.07) is 4.61. The highest BCUT2D eigenvalue weighted by atomic mass is 35.5. The first-order chi connectivity index (χ1) is 7.58. The Hall–Kier alpha value is -0.910. The molecule has 0 aliphatic carbocycles. The Kier molecular flexibility index (Phi) is 3.28. The summed E-state index contributed by atoms with van der Waals surface area (Å²) in [5.41, 5.74) is 0.273. The molecule has 1 heterocycles. The Labute approximate surface area is 106 Å². The lowest BCUT2D eigenvalue weighted by molar-refractivity contribution is -0.115. The Balaban J connectivity index is 2.40. The van der Waals surface area contributed by atoms with Crippen molar-refractivity contribution >= 4 is 51.9 Å². The number of rotatable bonds is 1. The molecule has 0 bridgehead atoms. The fourth-order valence-electron chi connectivity index (χ4n) is 1.19. The molecule has 1 fully saturated rings. The van der Waals surface area contributed by atoms with Crippen molar-refractivity contribution in [1.82, 2.24) is 5.32 Å². The fraction of sp³-hybridized carbons (Fsp3) is 0. The van der Waals surface area contributed by atoms with Crippen molar-refractivity contribution in [3.8, 4) is 0 Å². The van der Waals surface area contributed by atoms with Crippen LogP contribution in [0.1, 0.15) is 5.56 Å². The second-order valence-electron chi connectivity index (χ2n) is 3.00. The quantitative estimate of drug-likeness (QED) is 0.630. The maximum Gasteiger partial charge on any atom is 0.263 e. The number of hydrogen-bond donors (Lipinski definition) is 1. The Morgan fingerprint density at radius 1 is 1.50 bits per heavy atom. The van der Waals surface area contributed by atoms with E-state index in [2.05, 4.69) is 5.32 Å². The van der Waals surface area contributed by atoms with Crippen LogP contribution in [-0.2, 0) is 4.79 Å². The van der Waals surface area contributed by atoms with Crippen LogP contribution in [0.15, 0.2) is 23.1 Å². The lowest BCUT2D eigenvalue weighted by Gasteiger charge is -1.99. The summed E-state index contributed by atoms with van der Waals surface area (Å²) in [7, 11) is 0. The van der Waals surface area contributed by atoms with E-state index < -0.39 is 5.82 Å². The fourth-order valence-corrected chi connectivity index (χ4v) is 2.41. The highest BCUT2D eigenvalue weighted by molar-refractivity contribution is 8.26. The zero-order valence-corrected chi connectivity index (χ0v) is 10.2. The van der Waals surface area contributed by atoms with E-state index in [-0.39, 0.29) is 16.5 Å². The summed E-state index contributed by atoms with van der Waals surface area (Å²) in [6.45, 7) is 0. The number of thioether (sulfide) groups is 1. The van der Waals surface area contributed by atoms with E-state index in [1.165, 1.54) is 12.1 Å². The average Bonchev–Trinajstić information content (AvgIpc) is 2.53. The number of nitrogens with one attached hydrogen (secondary N) is 1. The highest BCUT2D eigenvalue weighted by Gasteiger charge is 2.22. The number of amides is 1. The summed E-state index contributed by atoms with van der Waals surface area (Å²) < 4.78 is 13.9. The lowest BCUT2D eigenvalue weighted by atomic mass is 10.2. The number of carbonyl (C=O) groups excluding carboxylic acids is 1. The van der Waals surface area contributed by atoms with Gasteiger partial charge in [-0.3, -0.25) is 4.79 Å². The minimum atomic E-state index is -0.539. The number of thiocarbonyl (C=S) groups is 1. The largest absolute Gasteiger partial charge is 0.307 e. The van der Waals surface area contributed by atoms with Crippen LogP contribution < -0.4 is 5.32 Å². The average molecular weight is 274 g/mol. The number of benzene rings is 1. The van der Waals surface area contributed by atoms with Crippen molar-refractivity contribution in [2.45, 2.75) is 0 Å². The van der Waals surface area contributed by atoms with Gasteiger partial charge in [0.05, 0.1) is 9.93 Å². The third-order valence-electron chi connectivity index (χ3n) is 1.91. The maximum atomic E-state index is 13.5. The van der Waals surface area contributed by atoms with Crippen molar-refractivity contribution in [2.75, 3.05) is 0 Å². The Bertz CT molecular complexity index is 516. The summed E-state index contributed by atoms with van der Waals surface area (Å²) >= 11 is 11.6. The summed E-state index contributed by atoms with van der Waals surface area (Å²) in [4.78, 5) is 11.7. The van der Waals surface area contributed by atoms with Gasteiger partial charge >= 0.3 is 0 Å². The molecular formula is C10H5ClFNOS2. The maximum absolute atomic E-state index is 13.5. The molecule has 0 aromatic heterocycles. The Morgan fingerprint density at radius 3 is 2.88 bits per heavy atom. The van der Waals surface area contributed by atoms with Gasteiger partial charge in [0, 0.05) is 5.56 Å². The van der Waals surface area contributed by atoms with Crippen LogP contribution in [0.25, 0.3) is 6.08 Å². The number of carbonyl (C=O) groups is 1. The number of halogens is 2. The van der Waals surface area contributed by atoms with Gasteiger partial charge in [-0.15, -0.1) is 0 Å². The van der Waals surface area contributed by atoms with Crippen LogP contribution in [0.3, 0.4) is 0 Å². The molecule has 1 aliphatic heterocycles. The third kappa shape index (κ3) is 2.26. The van der Waals surface area contributed by atoms with Gasteiger partial charge in [-0.25, -0.2) is 4.39 Å². The van der Waals surface area contributed by atoms with E-state index in [0.29, 0.717) is 9.23 Å². The zero-order chi connectivity index (χ0) is 11.7. The highest BCUT2D eigenvalue weighted by Crippen LogP contribution is 2.28. The normalized spacial score (nSPS) is 18.0. The van der Waals surface area contributed by atoms with Crippen LogP contribution in [-0.4, -0.2) is 10.2 Å². The predicted octanol–water partition coefficient (Wildman–Crippen LogP) is 2.97. The summed E-state index contributed by atoms with van der Waals surface area (Å²) in [5.74, 6) is -0.850. The van der Waals surface area contributed by atoms with E-state index in [9.17, 15) is 9.18 Å². The van der Waals surface area contributed by atoms with Gasteiger partial charge in [-0.1, -0.05) is 47.7 Å². The van der Waals surface area contributed by atoms with E-state index in [0.717, 1.165) is 11.8 Å². The molecule has 0 atom stereocenters. The molecule has 0 spiro atoms. The smallest absolute Gasteiger partial charge is 0.263 e. The van der Waals surface area contributed by atoms with Crippen molar-refractivity contribution < 1.29 is 9.18 Å². The molecule has 1 aliphatic rings. The topological polar surface area (TPSA) is 29.1 Å². The van der Waals surface area contributed by atoms with Gasteiger partial charge in [0.2, 0.25) is 0 Å². The molecule has 82 valence electrons. The standard InChI is InChI=1S/C10H5ClFNOS2/c11-6-3-1-2-5(8(6)12)4-7-9(14)13-10(15)16-7/h1-4H,(H,13,14,15). The summed E-state index contributed by atoms with van der Waals surface area (Å²) in [5, 5.41) is 2.48. The second kappa shape index (κ2) is 4.53. The van der Waals surface area contributed by atoms with Gasteiger partial charge in [0.25, 0.3) is 5.91 Å². The molecule has 1 N–H and O–H groups in total. The molecule has 1 amide bonds. The van der Waals surface area contributed by atoms with Gasteiger partial charge in [0.15, 0.2) is 0 Å². The third-order valence-corrected chi connectivity index (χ3v) is 3.36. The SMILES string of the molecule is O=C1NC(=S)SC1=Cc1cccc(Cl)c1F. The van der Waals surface area contributed by atoms with Crippen molar-refractivity contribution in [3.63, 3.8) is 0 Å². The molecule has 0 radical (unpaired) electrons. The van der Waals surface area contributed by atoms with E-state index in [1.54, 1.807) is 12.1 Å². The van der Waals surface area contributed by atoms with Crippen LogP contribution in [0.5, 0.6) is 0 Å². The molecule has 2 nitrogen and oxygen atoms in total. The molecule has 0 saturated carbocycles. The summed E-state index contributed by atoms with van der Waals surface area (Å²) in [6.07, 6.45) is 1.43. The van der Waals surface area contributed by atoms with Crippen LogP contribution in [0.4, 0.5) is 4.39 Å².